The van der Waals surface area contributed by atoms with Gasteiger partial charge in [-0.25, -0.2) is 0 Å². The van der Waals surface area contributed by atoms with Crippen LogP contribution in [0.15, 0.2) is 36.4 Å². The van der Waals surface area contributed by atoms with Crippen LogP contribution in [0.3, 0.4) is 0 Å². The third kappa shape index (κ3) is 7.15. The highest BCUT2D eigenvalue weighted by atomic mass is 35.5. The van der Waals surface area contributed by atoms with E-state index in [1.54, 1.807) is 25.1 Å². The monoisotopic (exact) mass is 464 g/mol. The van der Waals surface area contributed by atoms with Crippen LogP contribution in [0, 0.1) is 19.8 Å². The highest BCUT2D eigenvalue weighted by molar-refractivity contribution is 6.36. The Morgan fingerprint density at radius 2 is 1.71 bits per heavy atom. The van der Waals surface area contributed by atoms with Gasteiger partial charge in [0.1, 0.15) is 11.8 Å². The Morgan fingerprint density at radius 1 is 1.06 bits per heavy atom. The number of aryl methyl sites for hydroxylation is 2. The highest BCUT2D eigenvalue weighted by Gasteiger charge is 2.28. The van der Waals surface area contributed by atoms with E-state index in [0.717, 1.165) is 11.1 Å². The Labute approximate surface area is 194 Å². The molecule has 1 atom stereocenters. The number of rotatable bonds is 9. The number of hydrogen-bond donors (Lipinski definition) is 1. The molecule has 0 saturated carbocycles. The highest BCUT2D eigenvalue weighted by Crippen LogP contribution is 2.27. The lowest BCUT2D eigenvalue weighted by atomic mass is 10.1. The largest absolute Gasteiger partial charge is 0.483 e. The van der Waals surface area contributed by atoms with E-state index < -0.39 is 6.04 Å². The first-order chi connectivity index (χ1) is 14.6. The zero-order valence-corrected chi connectivity index (χ0v) is 20.2. The summed E-state index contributed by atoms with van der Waals surface area (Å²) in [5.41, 5.74) is 2.65. The number of nitrogens with one attached hydrogen (secondary N) is 1. The number of amides is 2. The van der Waals surface area contributed by atoms with E-state index >= 15 is 0 Å². The lowest BCUT2D eigenvalue weighted by Gasteiger charge is -2.29. The number of hydrogen-bond acceptors (Lipinski definition) is 3. The molecule has 0 unspecified atom stereocenters. The second-order valence-electron chi connectivity index (χ2n) is 8.09. The fourth-order valence-electron chi connectivity index (χ4n) is 3.07. The molecule has 168 valence electrons. The average molecular weight is 465 g/mol. The molecule has 0 aliphatic rings. The molecule has 2 amide bonds. The van der Waals surface area contributed by atoms with Crippen molar-refractivity contribution in [2.75, 3.05) is 13.2 Å². The third-order valence-corrected chi connectivity index (χ3v) is 5.63. The molecule has 0 aliphatic carbocycles. The maximum Gasteiger partial charge on any atom is 0.261 e. The molecule has 0 aliphatic heterocycles. The SMILES string of the molecule is Cc1ccc(OCC(=O)N(Cc2c(Cl)cccc2Cl)[C@@H](C)C(=O)NCC(C)C)c(C)c1. The van der Waals surface area contributed by atoms with Crippen LogP contribution in [-0.2, 0) is 16.1 Å². The van der Waals surface area contributed by atoms with Crippen molar-refractivity contribution >= 4 is 35.0 Å². The van der Waals surface area contributed by atoms with E-state index in [1.807, 2.05) is 45.9 Å². The second-order valence-corrected chi connectivity index (χ2v) is 8.91. The molecule has 2 aromatic rings. The maximum absolute atomic E-state index is 13.1. The minimum Gasteiger partial charge on any atom is -0.483 e. The number of benzene rings is 2. The Hall–Kier alpha value is -2.24. The molecule has 0 spiro atoms. The van der Waals surface area contributed by atoms with Crippen LogP contribution < -0.4 is 10.1 Å². The van der Waals surface area contributed by atoms with Gasteiger partial charge in [0.05, 0.1) is 0 Å². The molecular weight excluding hydrogens is 435 g/mol. The zero-order chi connectivity index (χ0) is 23.1. The molecule has 0 aromatic heterocycles. The van der Waals surface area contributed by atoms with Crippen LogP contribution in [0.25, 0.3) is 0 Å². The summed E-state index contributed by atoms with van der Waals surface area (Å²) in [6.45, 7) is 10.1. The van der Waals surface area contributed by atoms with Gasteiger partial charge in [0.15, 0.2) is 6.61 Å². The van der Waals surface area contributed by atoms with Crippen molar-refractivity contribution in [3.8, 4) is 5.75 Å². The van der Waals surface area contributed by atoms with Gasteiger partial charge in [0.2, 0.25) is 5.91 Å². The molecular formula is C24H30Cl2N2O3. The normalized spacial score (nSPS) is 11.9. The van der Waals surface area contributed by atoms with E-state index in [0.29, 0.717) is 33.8 Å². The molecule has 31 heavy (non-hydrogen) atoms. The average Bonchev–Trinajstić information content (AvgIpc) is 2.70. The summed E-state index contributed by atoms with van der Waals surface area (Å²) in [5, 5.41) is 3.76. The quantitative estimate of drug-likeness (QED) is 0.555. The minimum absolute atomic E-state index is 0.101. The first-order valence-corrected chi connectivity index (χ1v) is 11.1. The molecule has 7 heteroatoms. The van der Waals surface area contributed by atoms with Crippen LogP contribution in [0.4, 0.5) is 0 Å². The maximum atomic E-state index is 13.1. The summed E-state index contributed by atoms with van der Waals surface area (Å²) in [7, 11) is 0. The topological polar surface area (TPSA) is 58.6 Å². The molecule has 5 nitrogen and oxygen atoms in total. The minimum atomic E-state index is -0.721. The van der Waals surface area contributed by atoms with E-state index in [4.69, 9.17) is 27.9 Å². The fourth-order valence-corrected chi connectivity index (χ4v) is 3.59. The molecule has 2 rings (SSSR count). The first kappa shape index (κ1) is 25.0. The number of ether oxygens (including phenoxy) is 1. The number of halogens is 2. The predicted molar refractivity (Wildman–Crippen MR) is 126 cm³/mol. The van der Waals surface area contributed by atoms with Crippen molar-refractivity contribution in [3.63, 3.8) is 0 Å². The van der Waals surface area contributed by atoms with Crippen molar-refractivity contribution in [2.45, 2.75) is 47.2 Å². The lowest BCUT2D eigenvalue weighted by Crippen LogP contribution is -2.49. The third-order valence-electron chi connectivity index (χ3n) is 4.92. The van der Waals surface area contributed by atoms with E-state index in [2.05, 4.69) is 5.32 Å². The van der Waals surface area contributed by atoms with Gasteiger partial charge >= 0.3 is 0 Å². The van der Waals surface area contributed by atoms with Gasteiger partial charge in [0, 0.05) is 28.7 Å². The standard InChI is InChI=1S/C24H30Cl2N2O3/c1-15(2)12-27-24(30)18(5)28(13-19-20(25)7-6-8-21(19)26)23(29)14-31-22-10-9-16(3)11-17(22)4/h6-11,15,18H,12-14H2,1-5H3,(H,27,30)/t18-/m0/s1. The Morgan fingerprint density at radius 3 is 2.29 bits per heavy atom. The number of carbonyl (C=O) groups excluding carboxylic acids is 2. The van der Waals surface area contributed by atoms with E-state index in [9.17, 15) is 9.59 Å². The van der Waals surface area contributed by atoms with Gasteiger partial charge in [-0.2, -0.15) is 0 Å². The molecule has 1 N–H and O–H groups in total. The first-order valence-electron chi connectivity index (χ1n) is 10.3. The smallest absolute Gasteiger partial charge is 0.261 e. The molecule has 0 saturated heterocycles. The summed E-state index contributed by atoms with van der Waals surface area (Å²) in [6, 6.07) is 10.2. The zero-order valence-electron chi connectivity index (χ0n) is 18.7. The Bertz CT molecular complexity index is 911. The molecule has 0 bridgehead atoms. The van der Waals surface area contributed by atoms with E-state index in [1.165, 1.54) is 4.90 Å². The van der Waals surface area contributed by atoms with Crippen molar-refractivity contribution in [1.82, 2.24) is 10.2 Å². The molecule has 0 heterocycles. The van der Waals surface area contributed by atoms with Crippen LogP contribution in [0.5, 0.6) is 5.75 Å². The summed E-state index contributed by atoms with van der Waals surface area (Å²) in [5.74, 6) is 0.359. The van der Waals surface area contributed by atoms with Crippen molar-refractivity contribution < 1.29 is 14.3 Å². The predicted octanol–water partition coefficient (Wildman–Crippen LogP) is 5.18. The summed E-state index contributed by atoms with van der Waals surface area (Å²) >= 11 is 12.6. The lowest BCUT2D eigenvalue weighted by molar-refractivity contribution is -0.142. The Kier molecular flexibility index (Phi) is 9.20. The fraction of sp³-hybridized carbons (Fsp3) is 0.417. The van der Waals surface area contributed by atoms with Crippen molar-refractivity contribution in [1.29, 1.82) is 0 Å². The van der Waals surface area contributed by atoms with Crippen LogP contribution in [0.1, 0.15) is 37.5 Å². The van der Waals surface area contributed by atoms with Gasteiger partial charge in [-0.3, -0.25) is 9.59 Å². The number of carbonyl (C=O) groups is 2. The molecule has 2 aromatic carbocycles. The summed E-state index contributed by atoms with van der Waals surface area (Å²) in [6.07, 6.45) is 0. The molecule has 0 radical (unpaired) electrons. The van der Waals surface area contributed by atoms with Gasteiger partial charge in [-0.1, -0.05) is 60.8 Å². The second kappa shape index (κ2) is 11.4. The summed E-state index contributed by atoms with van der Waals surface area (Å²) < 4.78 is 5.77. The summed E-state index contributed by atoms with van der Waals surface area (Å²) in [4.78, 5) is 27.3. The van der Waals surface area contributed by atoms with Gasteiger partial charge in [-0.15, -0.1) is 0 Å². The molecule has 0 fully saturated rings. The van der Waals surface area contributed by atoms with Gasteiger partial charge in [-0.05, 0) is 50.5 Å². The van der Waals surface area contributed by atoms with Crippen LogP contribution in [0.2, 0.25) is 10.0 Å². The Balaban J connectivity index is 2.22. The van der Waals surface area contributed by atoms with Crippen molar-refractivity contribution in [2.24, 2.45) is 5.92 Å². The number of nitrogens with zero attached hydrogens (tertiary/aromatic N) is 1. The van der Waals surface area contributed by atoms with Crippen molar-refractivity contribution in [3.05, 3.63) is 63.1 Å². The van der Waals surface area contributed by atoms with Gasteiger partial charge < -0.3 is 15.0 Å². The van der Waals surface area contributed by atoms with Gasteiger partial charge in [0.25, 0.3) is 5.91 Å². The van der Waals surface area contributed by atoms with E-state index in [-0.39, 0.29) is 25.0 Å². The van der Waals surface area contributed by atoms with Crippen LogP contribution in [-0.4, -0.2) is 35.9 Å². The van der Waals surface area contributed by atoms with Crippen LogP contribution >= 0.6 is 23.2 Å².